The van der Waals surface area contributed by atoms with Gasteiger partial charge in [0.2, 0.25) is 0 Å². The number of methoxy groups -OCH3 is 1. The van der Waals surface area contributed by atoms with Gasteiger partial charge in [-0.15, -0.1) is 0 Å². The lowest BCUT2D eigenvalue weighted by Crippen LogP contribution is -2.30. The average Bonchev–Trinajstić information content (AvgIpc) is 2.84. The van der Waals surface area contributed by atoms with Crippen LogP contribution in [0.5, 0.6) is 11.5 Å². The van der Waals surface area contributed by atoms with Crippen LogP contribution < -0.4 is 14.8 Å². The van der Waals surface area contributed by atoms with Crippen molar-refractivity contribution in [3.8, 4) is 11.5 Å². The fourth-order valence-electron chi connectivity index (χ4n) is 2.88. The molecule has 0 aliphatic rings. The van der Waals surface area contributed by atoms with Crippen molar-refractivity contribution < 1.29 is 28.7 Å². The van der Waals surface area contributed by atoms with E-state index in [1.165, 1.54) is 38.3 Å². The summed E-state index contributed by atoms with van der Waals surface area (Å²) < 4.78 is 16.3. The summed E-state index contributed by atoms with van der Waals surface area (Å²) in [5.41, 5.74) is 1.08. The Morgan fingerprint density at radius 2 is 1.79 bits per heavy atom. The zero-order chi connectivity index (χ0) is 24.7. The van der Waals surface area contributed by atoms with Gasteiger partial charge >= 0.3 is 5.97 Å². The molecule has 3 aromatic rings. The number of ether oxygens (including phenoxy) is 3. The van der Waals surface area contributed by atoms with Gasteiger partial charge in [0.25, 0.3) is 11.6 Å². The van der Waals surface area contributed by atoms with E-state index in [0.29, 0.717) is 18.1 Å². The number of non-ortho nitro benzene ring substituents is 1. The monoisotopic (exact) mass is 484 g/mol. The lowest BCUT2D eigenvalue weighted by Gasteiger charge is -2.15. The molecule has 0 radical (unpaired) electrons. The maximum Gasteiger partial charge on any atom is 0.339 e. The van der Waals surface area contributed by atoms with Crippen LogP contribution in [0, 0.1) is 10.1 Å². The average molecular weight is 485 g/mol. The fraction of sp³-hybridized carbons (Fsp3) is 0.167. The first-order valence-corrected chi connectivity index (χ1v) is 10.5. The normalized spacial score (nSPS) is 11.3. The molecular weight excluding hydrogens is 464 g/mol. The minimum atomic E-state index is -1.17. The third-order valence-corrected chi connectivity index (χ3v) is 5.02. The first-order valence-electron chi connectivity index (χ1n) is 10.1. The number of anilines is 1. The second kappa shape index (κ2) is 11.2. The number of hydrogen-bond acceptors (Lipinski definition) is 7. The van der Waals surface area contributed by atoms with Crippen LogP contribution in [0.3, 0.4) is 0 Å². The van der Waals surface area contributed by atoms with E-state index in [-0.39, 0.29) is 22.0 Å². The van der Waals surface area contributed by atoms with E-state index < -0.39 is 22.9 Å². The van der Waals surface area contributed by atoms with Crippen molar-refractivity contribution in [2.75, 3.05) is 12.4 Å². The molecule has 0 aliphatic heterocycles. The van der Waals surface area contributed by atoms with Crippen molar-refractivity contribution >= 4 is 34.9 Å². The van der Waals surface area contributed by atoms with Gasteiger partial charge < -0.3 is 19.5 Å². The summed E-state index contributed by atoms with van der Waals surface area (Å²) in [6, 6.07) is 17.7. The second-order valence-corrected chi connectivity index (χ2v) is 7.51. The number of carbonyl (C=O) groups is 2. The molecule has 0 saturated heterocycles. The second-order valence-electron chi connectivity index (χ2n) is 7.10. The summed E-state index contributed by atoms with van der Waals surface area (Å²) in [6.45, 7) is 1.71. The van der Waals surface area contributed by atoms with Crippen molar-refractivity contribution in [3.63, 3.8) is 0 Å². The van der Waals surface area contributed by atoms with Gasteiger partial charge in [0, 0.05) is 12.1 Å². The highest BCUT2D eigenvalue weighted by atomic mass is 35.5. The number of carbonyl (C=O) groups excluding carboxylic acids is 2. The van der Waals surface area contributed by atoms with Crippen LogP contribution in [0.1, 0.15) is 22.8 Å². The molecule has 0 spiro atoms. The molecule has 0 saturated carbocycles. The Hall–Kier alpha value is -4.11. The Morgan fingerprint density at radius 3 is 2.44 bits per heavy atom. The third-order valence-electron chi connectivity index (χ3n) is 4.71. The predicted molar refractivity (Wildman–Crippen MR) is 125 cm³/mol. The Morgan fingerprint density at radius 1 is 1.06 bits per heavy atom. The molecule has 0 heterocycles. The van der Waals surface area contributed by atoms with Gasteiger partial charge in [-0.05, 0) is 36.8 Å². The maximum atomic E-state index is 12.6. The highest BCUT2D eigenvalue weighted by Crippen LogP contribution is 2.30. The summed E-state index contributed by atoms with van der Waals surface area (Å²) in [7, 11) is 1.45. The van der Waals surface area contributed by atoms with Crippen LogP contribution in [0.25, 0.3) is 0 Å². The summed E-state index contributed by atoms with van der Waals surface area (Å²) >= 11 is 5.98. The van der Waals surface area contributed by atoms with Gasteiger partial charge in [0.1, 0.15) is 6.61 Å². The molecule has 3 aromatic carbocycles. The van der Waals surface area contributed by atoms with E-state index in [2.05, 4.69) is 5.32 Å². The van der Waals surface area contributed by atoms with E-state index in [1.54, 1.807) is 6.07 Å². The van der Waals surface area contributed by atoms with Crippen LogP contribution in [-0.2, 0) is 16.1 Å². The van der Waals surface area contributed by atoms with Crippen molar-refractivity contribution in [2.24, 2.45) is 0 Å². The first kappa shape index (κ1) is 24.5. The molecule has 1 unspecified atom stereocenters. The SMILES string of the molecule is COc1cc(C(=O)OC(C)C(=O)Nc2ccc([N+](=O)[O-])cc2Cl)ccc1OCc1ccccc1. The minimum Gasteiger partial charge on any atom is -0.493 e. The van der Waals surface area contributed by atoms with E-state index in [0.717, 1.165) is 11.6 Å². The molecule has 10 heteroatoms. The van der Waals surface area contributed by atoms with Crippen molar-refractivity contribution in [2.45, 2.75) is 19.6 Å². The van der Waals surface area contributed by atoms with Gasteiger partial charge in [-0.3, -0.25) is 14.9 Å². The van der Waals surface area contributed by atoms with Gasteiger partial charge in [-0.2, -0.15) is 0 Å². The van der Waals surface area contributed by atoms with Crippen LogP contribution in [0.4, 0.5) is 11.4 Å². The van der Waals surface area contributed by atoms with Crippen LogP contribution >= 0.6 is 11.6 Å². The molecule has 34 heavy (non-hydrogen) atoms. The molecule has 176 valence electrons. The van der Waals surface area contributed by atoms with E-state index in [9.17, 15) is 19.7 Å². The van der Waals surface area contributed by atoms with Crippen LogP contribution in [0.2, 0.25) is 5.02 Å². The molecule has 1 atom stereocenters. The number of rotatable bonds is 9. The molecule has 0 aromatic heterocycles. The fourth-order valence-corrected chi connectivity index (χ4v) is 3.11. The van der Waals surface area contributed by atoms with E-state index >= 15 is 0 Å². The quantitative estimate of drug-likeness (QED) is 0.257. The standard InChI is InChI=1S/C24H21ClN2O7/c1-15(23(28)26-20-10-9-18(27(30)31)13-19(20)25)34-24(29)17-8-11-21(22(12-17)32-2)33-14-16-6-4-3-5-7-16/h3-13,15H,14H2,1-2H3,(H,26,28). The van der Waals surface area contributed by atoms with Gasteiger partial charge in [-0.25, -0.2) is 4.79 Å². The van der Waals surface area contributed by atoms with E-state index in [4.69, 9.17) is 25.8 Å². The number of nitrogens with zero attached hydrogens (tertiary/aromatic N) is 1. The number of benzene rings is 3. The molecule has 0 fully saturated rings. The number of nitrogens with one attached hydrogen (secondary N) is 1. The van der Waals surface area contributed by atoms with Crippen LogP contribution in [-0.4, -0.2) is 30.0 Å². The van der Waals surface area contributed by atoms with Crippen molar-refractivity contribution in [3.05, 3.63) is 93.0 Å². The van der Waals surface area contributed by atoms with Gasteiger partial charge in [0.05, 0.1) is 28.3 Å². The number of nitro benzene ring substituents is 1. The number of amides is 1. The van der Waals surface area contributed by atoms with Gasteiger partial charge in [0.15, 0.2) is 17.6 Å². The topological polar surface area (TPSA) is 117 Å². The highest BCUT2D eigenvalue weighted by Gasteiger charge is 2.21. The van der Waals surface area contributed by atoms with Crippen molar-refractivity contribution in [1.82, 2.24) is 0 Å². The van der Waals surface area contributed by atoms with E-state index in [1.807, 2.05) is 30.3 Å². The number of halogens is 1. The van der Waals surface area contributed by atoms with Crippen LogP contribution in [0.15, 0.2) is 66.7 Å². The molecule has 1 amide bonds. The summed E-state index contributed by atoms with van der Waals surface area (Å²) in [4.78, 5) is 35.2. The minimum absolute atomic E-state index is 0.0168. The molecule has 0 aliphatic carbocycles. The predicted octanol–water partition coefficient (Wildman–Crippen LogP) is 5.02. The van der Waals surface area contributed by atoms with Crippen molar-refractivity contribution in [1.29, 1.82) is 0 Å². The lowest BCUT2D eigenvalue weighted by atomic mass is 10.2. The highest BCUT2D eigenvalue weighted by molar-refractivity contribution is 6.34. The zero-order valence-electron chi connectivity index (χ0n) is 18.3. The summed E-state index contributed by atoms with van der Waals surface area (Å²) in [5.74, 6) is -0.620. The molecule has 9 nitrogen and oxygen atoms in total. The Kier molecular flexibility index (Phi) is 8.05. The first-order chi connectivity index (χ1) is 16.3. The third kappa shape index (κ3) is 6.23. The lowest BCUT2D eigenvalue weighted by molar-refractivity contribution is -0.384. The largest absolute Gasteiger partial charge is 0.493 e. The summed E-state index contributed by atoms with van der Waals surface area (Å²) in [5, 5.41) is 13.3. The number of nitro groups is 1. The Balaban J connectivity index is 1.62. The Bertz CT molecular complexity index is 1200. The smallest absolute Gasteiger partial charge is 0.339 e. The zero-order valence-corrected chi connectivity index (χ0v) is 19.1. The Labute approximate surface area is 200 Å². The molecule has 0 bridgehead atoms. The maximum absolute atomic E-state index is 12.6. The summed E-state index contributed by atoms with van der Waals surface area (Å²) in [6.07, 6.45) is -1.17. The number of hydrogen-bond donors (Lipinski definition) is 1. The van der Waals surface area contributed by atoms with Gasteiger partial charge in [-0.1, -0.05) is 41.9 Å². The molecule has 3 rings (SSSR count). The number of esters is 1. The molecular formula is C24H21ClN2O7. The molecule has 1 N–H and O–H groups in total.